The molecule has 0 aromatic carbocycles. The quantitative estimate of drug-likeness (QED) is 0.539. The van der Waals surface area contributed by atoms with E-state index in [4.69, 9.17) is 4.43 Å². The van der Waals surface area contributed by atoms with E-state index in [1.165, 1.54) is 11.1 Å². The Balaban J connectivity index is 2.47. The zero-order chi connectivity index (χ0) is 15.8. The molecular formula is C18H28O2Si. The van der Waals surface area contributed by atoms with E-state index in [1.807, 2.05) is 6.08 Å². The van der Waals surface area contributed by atoms with Crippen LogP contribution in [0.5, 0.6) is 0 Å². The molecule has 0 bridgehead atoms. The van der Waals surface area contributed by atoms with Crippen LogP contribution in [0.15, 0.2) is 35.6 Å². The minimum absolute atomic E-state index is 0.277. The molecule has 2 nitrogen and oxygen atoms in total. The first-order chi connectivity index (χ1) is 9.76. The van der Waals surface area contributed by atoms with Crippen LogP contribution in [0.3, 0.4) is 0 Å². The fourth-order valence-electron chi connectivity index (χ4n) is 3.98. The van der Waals surface area contributed by atoms with Crippen molar-refractivity contribution >= 4 is 14.1 Å². The summed E-state index contributed by atoms with van der Waals surface area (Å²) in [5.74, 6) is 1.69. The van der Waals surface area contributed by atoms with Gasteiger partial charge in [0.05, 0.1) is 5.41 Å². The van der Waals surface area contributed by atoms with Gasteiger partial charge in [-0.2, -0.15) is 0 Å². The van der Waals surface area contributed by atoms with Crippen LogP contribution in [0.25, 0.3) is 0 Å². The standard InChI is InChI=1S/C18H28O2Si/c1-7-14-9-10-17(19)18(14)12-11-16(20-21(4,5)6)13(3)15(18)8-2/h7,11,14H,1,8-10,12H2,2-6H3/t14-,18-/m1/s1. The molecule has 0 radical (unpaired) electrons. The molecule has 116 valence electrons. The molecule has 1 spiro atoms. The van der Waals surface area contributed by atoms with Crippen molar-refractivity contribution < 1.29 is 9.22 Å². The van der Waals surface area contributed by atoms with Crippen LogP contribution >= 0.6 is 0 Å². The fourth-order valence-corrected chi connectivity index (χ4v) is 4.88. The van der Waals surface area contributed by atoms with E-state index in [9.17, 15) is 4.79 Å². The number of hydrogen-bond donors (Lipinski definition) is 0. The van der Waals surface area contributed by atoms with E-state index in [1.54, 1.807) is 0 Å². The van der Waals surface area contributed by atoms with Gasteiger partial charge in [-0.25, -0.2) is 0 Å². The molecule has 0 aliphatic heterocycles. The lowest BCUT2D eigenvalue weighted by atomic mass is 9.64. The average molecular weight is 305 g/mol. The summed E-state index contributed by atoms with van der Waals surface area (Å²) in [6, 6.07) is 0. The highest BCUT2D eigenvalue weighted by Crippen LogP contribution is 2.54. The third-order valence-corrected chi connectivity index (χ3v) is 5.67. The Kier molecular flexibility index (Phi) is 4.34. The van der Waals surface area contributed by atoms with Gasteiger partial charge >= 0.3 is 0 Å². The molecule has 2 aliphatic carbocycles. The van der Waals surface area contributed by atoms with E-state index in [-0.39, 0.29) is 11.3 Å². The summed E-state index contributed by atoms with van der Waals surface area (Å²) in [5.41, 5.74) is 2.14. The van der Waals surface area contributed by atoms with Gasteiger partial charge in [0.2, 0.25) is 8.32 Å². The maximum Gasteiger partial charge on any atom is 0.242 e. The van der Waals surface area contributed by atoms with Crippen molar-refractivity contribution in [3.05, 3.63) is 35.6 Å². The normalized spacial score (nSPS) is 29.9. The molecule has 0 saturated heterocycles. The Morgan fingerprint density at radius 3 is 2.67 bits per heavy atom. The maximum absolute atomic E-state index is 12.7. The molecule has 2 aliphatic rings. The summed E-state index contributed by atoms with van der Waals surface area (Å²) >= 11 is 0. The lowest BCUT2D eigenvalue weighted by molar-refractivity contribution is -0.124. The van der Waals surface area contributed by atoms with Crippen molar-refractivity contribution in [3.63, 3.8) is 0 Å². The molecule has 2 atom stereocenters. The summed E-state index contributed by atoms with van der Waals surface area (Å²) in [5, 5.41) is 0. The van der Waals surface area contributed by atoms with E-state index in [2.05, 4.69) is 46.1 Å². The molecule has 0 N–H and O–H groups in total. The Morgan fingerprint density at radius 2 is 2.14 bits per heavy atom. The Morgan fingerprint density at radius 1 is 1.48 bits per heavy atom. The number of carbonyl (C=O) groups excluding carboxylic acids is 1. The summed E-state index contributed by atoms with van der Waals surface area (Å²) in [7, 11) is -1.63. The first-order valence-electron chi connectivity index (χ1n) is 8.02. The minimum Gasteiger partial charge on any atom is -0.544 e. The number of Topliss-reactive ketones (excluding diaryl/α,β-unsaturated/α-hetero) is 1. The monoisotopic (exact) mass is 304 g/mol. The van der Waals surface area contributed by atoms with Gasteiger partial charge in [-0.3, -0.25) is 4.79 Å². The van der Waals surface area contributed by atoms with Gasteiger partial charge in [-0.15, -0.1) is 6.58 Å². The molecule has 21 heavy (non-hydrogen) atoms. The predicted octanol–water partition coefficient (Wildman–Crippen LogP) is 5.00. The Hall–Kier alpha value is -1.09. The second-order valence-electron chi connectivity index (χ2n) is 7.22. The van der Waals surface area contributed by atoms with Crippen molar-refractivity contribution in [1.82, 2.24) is 0 Å². The highest BCUT2D eigenvalue weighted by molar-refractivity contribution is 6.70. The van der Waals surface area contributed by atoms with Crippen LogP contribution in [0.2, 0.25) is 19.6 Å². The topological polar surface area (TPSA) is 26.3 Å². The molecule has 0 aromatic rings. The SMILES string of the molecule is C=C[C@@H]1CCC(=O)[C@]12CC=C(O[Si](C)(C)C)C(C)=C2CC. The molecule has 0 unspecified atom stereocenters. The van der Waals surface area contributed by atoms with Gasteiger partial charge in [0.25, 0.3) is 0 Å². The largest absolute Gasteiger partial charge is 0.544 e. The number of rotatable bonds is 4. The van der Waals surface area contributed by atoms with Gasteiger partial charge in [-0.1, -0.05) is 13.0 Å². The van der Waals surface area contributed by atoms with Crippen LogP contribution in [-0.2, 0) is 9.22 Å². The Labute approximate surface area is 130 Å². The van der Waals surface area contributed by atoms with Gasteiger partial charge < -0.3 is 4.43 Å². The van der Waals surface area contributed by atoms with Gasteiger partial charge in [0.15, 0.2) is 0 Å². The smallest absolute Gasteiger partial charge is 0.242 e. The second-order valence-corrected chi connectivity index (χ2v) is 11.6. The fraction of sp³-hybridized carbons (Fsp3) is 0.611. The van der Waals surface area contributed by atoms with Gasteiger partial charge in [-0.05, 0) is 69.0 Å². The zero-order valence-corrected chi connectivity index (χ0v) is 15.1. The third-order valence-electron chi connectivity index (χ3n) is 4.84. The molecule has 3 heteroatoms. The van der Waals surface area contributed by atoms with Crippen LogP contribution in [-0.4, -0.2) is 14.1 Å². The van der Waals surface area contributed by atoms with Crippen LogP contribution in [0, 0.1) is 11.3 Å². The van der Waals surface area contributed by atoms with Crippen molar-refractivity contribution in [1.29, 1.82) is 0 Å². The minimum atomic E-state index is -1.63. The molecule has 0 aromatic heterocycles. The van der Waals surface area contributed by atoms with Crippen LogP contribution in [0.4, 0.5) is 0 Å². The summed E-state index contributed by atoms with van der Waals surface area (Å²) in [4.78, 5) is 12.7. The van der Waals surface area contributed by atoms with Crippen molar-refractivity contribution in [2.24, 2.45) is 11.3 Å². The number of allylic oxidation sites excluding steroid dienone is 4. The highest BCUT2D eigenvalue weighted by atomic mass is 28.4. The summed E-state index contributed by atoms with van der Waals surface area (Å²) in [6.07, 6.45) is 7.47. The molecule has 2 rings (SSSR count). The Bertz CT molecular complexity index is 522. The van der Waals surface area contributed by atoms with E-state index < -0.39 is 8.32 Å². The van der Waals surface area contributed by atoms with E-state index >= 15 is 0 Å². The number of hydrogen-bond acceptors (Lipinski definition) is 2. The van der Waals surface area contributed by atoms with Crippen molar-refractivity contribution in [2.75, 3.05) is 0 Å². The van der Waals surface area contributed by atoms with E-state index in [0.717, 1.165) is 25.0 Å². The molecule has 1 fully saturated rings. The lowest BCUT2D eigenvalue weighted by Crippen LogP contribution is -2.37. The first-order valence-corrected chi connectivity index (χ1v) is 11.4. The van der Waals surface area contributed by atoms with Crippen molar-refractivity contribution in [3.8, 4) is 0 Å². The lowest BCUT2D eigenvalue weighted by Gasteiger charge is -2.40. The van der Waals surface area contributed by atoms with Crippen molar-refractivity contribution in [2.45, 2.75) is 59.2 Å². The van der Waals surface area contributed by atoms with Gasteiger partial charge in [0.1, 0.15) is 11.5 Å². The number of carbonyl (C=O) groups is 1. The predicted molar refractivity (Wildman–Crippen MR) is 90.5 cm³/mol. The second kappa shape index (κ2) is 5.60. The molecular weight excluding hydrogens is 276 g/mol. The average Bonchev–Trinajstić information content (AvgIpc) is 2.70. The zero-order valence-electron chi connectivity index (χ0n) is 14.1. The maximum atomic E-state index is 12.7. The molecule has 1 saturated carbocycles. The summed E-state index contributed by atoms with van der Waals surface area (Å²) in [6.45, 7) is 14.9. The van der Waals surface area contributed by atoms with E-state index in [0.29, 0.717) is 12.2 Å². The summed E-state index contributed by atoms with van der Waals surface area (Å²) < 4.78 is 6.23. The highest BCUT2D eigenvalue weighted by Gasteiger charge is 2.51. The van der Waals surface area contributed by atoms with Gasteiger partial charge in [0, 0.05) is 6.42 Å². The molecule has 0 heterocycles. The third kappa shape index (κ3) is 2.68. The van der Waals surface area contributed by atoms with Crippen LogP contribution < -0.4 is 0 Å². The first kappa shape index (κ1) is 16.3. The molecule has 0 amide bonds. The van der Waals surface area contributed by atoms with Crippen LogP contribution in [0.1, 0.15) is 39.5 Å². The number of ketones is 1.